The van der Waals surface area contributed by atoms with E-state index in [0.717, 1.165) is 11.8 Å². The number of fused-ring (bicyclic) bond motifs is 1. The van der Waals surface area contributed by atoms with E-state index in [4.69, 9.17) is 16.3 Å². The molecule has 0 fully saturated rings. The molecular formula is C27H21ClN3O4S2+. The summed E-state index contributed by atoms with van der Waals surface area (Å²) < 4.78 is 33.9. The van der Waals surface area contributed by atoms with Crippen molar-refractivity contribution in [3.63, 3.8) is 0 Å². The second-order valence-corrected chi connectivity index (χ2v) is 11.1. The molecule has 1 heterocycles. The van der Waals surface area contributed by atoms with E-state index in [2.05, 4.69) is 10.3 Å². The van der Waals surface area contributed by atoms with Gasteiger partial charge in [-0.15, -0.1) is 3.97 Å². The number of imidazole rings is 1. The van der Waals surface area contributed by atoms with E-state index in [0.29, 0.717) is 38.4 Å². The van der Waals surface area contributed by atoms with Gasteiger partial charge in [0, 0.05) is 10.7 Å². The highest BCUT2D eigenvalue weighted by molar-refractivity contribution is 8.00. The van der Waals surface area contributed by atoms with Crippen molar-refractivity contribution < 1.29 is 21.9 Å². The number of H-pyrrole nitrogens is 1. The number of anilines is 1. The molecule has 4 aromatic carbocycles. The summed E-state index contributed by atoms with van der Waals surface area (Å²) in [6, 6.07) is 29.3. The summed E-state index contributed by atoms with van der Waals surface area (Å²) >= 11 is 7.01. The van der Waals surface area contributed by atoms with Gasteiger partial charge in [-0.1, -0.05) is 41.9 Å². The molecule has 0 bridgehead atoms. The number of ether oxygens (including phenoxy) is 1. The first-order valence-corrected chi connectivity index (χ1v) is 14.0. The number of hydrogen-bond acceptors (Lipinski definition) is 5. The van der Waals surface area contributed by atoms with Crippen LogP contribution < -0.4 is 14.0 Å². The maximum atomic E-state index is 13.5. The zero-order chi connectivity index (χ0) is 25.8. The van der Waals surface area contributed by atoms with Gasteiger partial charge in [-0.05, 0) is 84.6 Å². The van der Waals surface area contributed by atoms with Crippen molar-refractivity contribution in [3.8, 4) is 11.5 Å². The van der Waals surface area contributed by atoms with Gasteiger partial charge in [0.25, 0.3) is 0 Å². The van der Waals surface area contributed by atoms with Crippen LogP contribution >= 0.6 is 23.4 Å². The molecule has 0 saturated heterocycles. The Morgan fingerprint density at radius 2 is 1.49 bits per heavy atom. The number of halogens is 1. The van der Waals surface area contributed by atoms with Gasteiger partial charge in [0.15, 0.2) is 11.0 Å². The van der Waals surface area contributed by atoms with Crippen LogP contribution in [0.3, 0.4) is 0 Å². The van der Waals surface area contributed by atoms with Crippen molar-refractivity contribution >= 4 is 56.0 Å². The molecule has 0 aliphatic rings. The van der Waals surface area contributed by atoms with Crippen LogP contribution in [0.25, 0.3) is 11.0 Å². The molecule has 5 rings (SSSR count). The molecule has 0 unspecified atom stereocenters. The minimum Gasteiger partial charge on any atom is -0.457 e. The molecule has 37 heavy (non-hydrogen) atoms. The van der Waals surface area contributed by atoms with Crippen molar-refractivity contribution in [1.29, 1.82) is 0 Å². The van der Waals surface area contributed by atoms with Gasteiger partial charge in [-0.3, -0.25) is 4.79 Å². The second kappa shape index (κ2) is 10.7. The lowest BCUT2D eigenvalue weighted by Gasteiger charge is -2.08. The minimum atomic E-state index is -3.88. The van der Waals surface area contributed by atoms with Crippen LogP contribution in [0.5, 0.6) is 11.5 Å². The van der Waals surface area contributed by atoms with E-state index < -0.39 is 10.0 Å². The molecule has 7 nitrogen and oxygen atoms in total. The van der Waals surface area contributed by atoms with Crippen LogP contribution in [-0.4, -0.2) is 25.1 Å². The highest BCUT2D eigenvalue weighted by Gasteiger charge is 2.31. The van der Waals surface area contributed by atoms with Crippen LogP contribution in [0.4, 0.5) is 5.69 Å². The first-order valence-electron chi connectivity index (χ1n) is 11.2. The number of amides is 1. The molecule has 5 aromatic rings. The van der Waals surface area contributed by atoms with Gasteiger partial charge >= 0.3 is 15.2 Å². The number of aromatic amines is 1. The first kappa shape index (κ1) is 24.9. The SMILES string of the molecule is O=C(CSc1[nH]c2ccccc2[n+]1S(=O)(=O)c1ccccc1)Nc1ccc(Oc2ccc(Cl)cc2)cc1. The quantitative estimate of drug-likeness (QED) is 0.186. The van der Waals surface area contributed by atoms with Crippen molar-refractivity contribution in [1.82, 2.24) is 4.98 Å². The van der Waals surface area contributed by atoms with E-state index in [-0.39, 0.29) is 16.6 Å². The molecule has 0 aliphatic heterocycles. The number of para-hydroxylation sites is 2. The van der Waals surface area contributed by atoms with E-state index in [1.807, 2.05) is 6.07 Å². The lowest BCUT2D eigenvalue weighted by atomic mass is 10.3. The molecule has 0 radical (unpaired) electrons. The number of carbonyl (C=O) groups is 1. The van der Waals surface area contributed by atoms with E-state index in [1.165, 1.54) is 3.97 Å². The first-order chi connectivity index (χ1) is 17.9. The highest BCUT2D eigenvalue weighted by atomic mass is 35.5. The molecule has 186 valence electrons. The van der Waals surface area contributed by atoms with Crippen molar-refractivity contribution in [2.24, 2.45) is 0 Å². The van der Waals surface area contributed by atoms with Crippen LogP contribution in [-0.2, 0) is 14.8 Å². The molecule has 2 N–H and O–H groups in total. The summed E-state index contributed by atoms with van der Waals surface area (Å²) in [6.45, 7) is 0. The standard InChI is InChI=1S/C27H20ClN3O4S2/c28-19-10-14-21(15-11-19)35-22-16-12-20(13-17-22)29-26(32)18-36-27-30-24-8-4-5-9-25(24)31(27)37(33,34)23-6-2-1-3-7-23/h1-17H,18H2,(H,29,32)/p+1. The number of aromatic nitrogens is 2. The van der Waals surface area contributed by atoms with E-state index in [1.54, 1.807) is 97.1 Å². The number of nitrogens with one attached hydrogen (secondary N) is 2. The number of rotatable bonds is 8. The third-order valence-electron chi connectivity index (χ3n) is 5.36. The Morgan fingerprint density at radius 3 is 2.19 bits per heavy atom. The summed E-state index contributed by atoms with van der Waals surface area (Å²) in [7, 11) is -3.88. The Kier molecular flexibility index (Phi) is 7.18. The monoisotopic (exact) mass is 550 g/mol. The third-order valence-corrected chi connectivity index (χ3v) is 8.42. The molecule has 0 atom stereocenters. The van der Waals surface area contributed by atoms with E-state index in [9.17, 15) is 13.2 Å². The predicted molar refractivity (Wildman–Crippen MR) is 145 cm³/mol. The summed E-state index contributed by atoms with van der Waals surface area (Å²) in [4.78, 5) is 16.0. The molecular weight excluding hydrogens is 530 g/mol. The largest absolute Gasteiger partial charge is 0.457 e. The zero-order valence-corrected chi connectivity index (χ0v) is 21.7. The number of thioether (sulfide) groups is 1. The van der Waals surface area contributed by atoms with Crippen molar-refractivity contribution in [3.05, 3.63) is 108 Å². The predicted octanol–water partition coefficient (Wildman–Crippen LogP) is 5.87. The maximum absolute atomic E-state index is 13.5. The minimum absolute atomic E-state index is 0.000156. The normalized spacial score (nSPS) is 11.4. The number of hydrogen-bond donors (Lipinski definition) is 2. The molecule has 1 amide bonds. The second-order valence-electron chi connectivity index (χ2n) is 7.95. The number of nitrogens with zero attached hydrogens (tertiary/aromatic N) is 1. The molecule has 10 heteroatoms. The topological polar surface area (TPSA) is 92.1 Å². The summed E-state index contributed by atoms with van der Waals surface area (Å²) in [5.74, 6) is 0.980. The average molecular weight is 551 g/mol. The summed E-state index contributed by atoms with van der Waals surface area (Å²) in [5.41, 5.74) is 1.75. The Balaban J connectivity index is 1.29. The van der Waals surface area contributed by atoms with Gasteiger partial charge in [-0.2, -0.15) is 8.42 Å². The van der Waals surface area contributed by atoms with Crippen LogP contribution in [0, 0.1) is 0 Å². The lowest BCUT2D eigenvalue weighted by Crippen LogP contribution is -2.44. The Bertz CT molecular complexity index is 1650. The zero-order valence-electron chi connectivity index (χ0n) is 19.3. The van der Waals surface area contributed by atoms with Gasteiger partial charge in [0.2, 0.25) is 5.91 Å². The lowest BCUT2D eigenvalue weighted by molar-refractivity contribution is -0.526. The Hall–Kier alpha value is -3.79. The van der Waals surface area contributed by atoms with Gasteiger partial charge < -0.3 is 10.1 Å². The van der Waals surface area contributed by atoms with E-state index >= 15 is 0 Å². The molecule has 1 aromatic heterocycles. The molecule has 0 saturated carbocycles. The highest BCUT2D eigenvalue weighted by Crippen LogP contribution is 2.25. The third kappa shape index (κ3) is 5.64. The maximum Gasteiger partial charge on any atom is 0.336 e. The number of carbonyl (C=O) groups excluding carboxylic acids is 1. The fourth-order valence-electron chi connectivity index (χ4n) is 3.64. The Morgan fingerprint density at radius 1 is 0.865 bits per heavy atom. The van der Waals surface area contributed by atoms with Crippen LogP contribution in [0.15, 0.2) is 113 Å². The summed E-state index contributed by atoms with van der Waals surface area (Å²) in [6.07, 6.45) is 0. The van der Waals surface area contributed by atoms with Gasteiger partial charge in [0.05, 0.1) is 5.75 Å². The molecule has 0 spiro atoms. The fraction of sp³-hybridized carbons (Fsp3) is 0.0370. The van der Waals surface area contributed by atoms with Crippen molar-refractivity contribution in [2.45, 2.75) is 10.1 Å². The smallest absolute Gasteiger partial charge is 0.336 e. The Labute approximate surface area is 223 Å². The average Bonchev–Trinajstić information content (AvgIpc) is 3.30. The van der Waals surface area contributed by atoms with Crippen LogP contribution in [0.1, 0.15) is 0 Å². The summed E-state index contributed by atoms with van der Waals surface area (Å²) in [5, 5.41) is 3.79. The number of benzene rings is 4. The molecule has 0 aliphatic carbocycles. The van der Waals surface area contributed by atoms with Gasteiger partial charge in [0.1, 0.15) is 16.4 Å². The van der Waals surface area contributed by atoms with Gasteiger partial charge in [-0.25, -0.2) is 4.98 Å². The fourth-order valence-corrected chi connectivity index (χ4v) is 6.35. The van der Waals surface area contributed by atoms with Crippen molar-refractivity contribution in [2.75, 3.05) is 11.1 Å². The van der Waals surface area contributed by atoms with Crippen LogP contribution in [0.2, 0.25) is 5.02 Å².